The van der Waals surface area contributed by atoms with Gasteiger partial charge in [0.25, 0.3) is 0 Å². The van der Waals surface area contributed by atoms with E-state index >= 15 is 0 Å². The van der Waals surface area contributed by atoms with E-state index < -0.39 is 0 Å². The van der Waals surface area contributed by atoms with Crippen molar-refractivity contribution in [3.63, 3.8) is 0 Å². The Morgan fingerprint density at radius 2 is 1.80 bits per heavy atom. The lowest BCUT2D eigenvalue weighted by atomic mass is 10.2. The number of nitrogens with zero attached hydrogens (tertiary/aromatic N) is 2. The third-order valence-corrected chi connectivity index (χ3v) is 2.29. The largest absolute Gasteiger partial charge is 0.372 e. The van der Waals surface area contributed by atoms with E-state index in [0.717, 1.165) is 5.69 Å². The number of hydrogen-bond donors (Lipinski definition) is 0. The van der Waals surface area contributed by atoms with Crippen molar-refractivity contribution in [3.8, 4) is 0 Å². The minimum atomic E-state index is 0.265. The summed E-state index contributed by atoms with van der Waals surface area (Å²) in [7, 11) is 1.96. The maximum atomic E-state index is 5.50. The maximum Gasteiger partial charge on any atom is 0.0913 e. The second kappa shape index (κ2) is 6.62. The van der Waals surface area contributed by atoms with Gasteiger partial charge < -0.3 is 4.74 Å². The second-order valence-corrected chi connectivity index (χ2v) is 3.64. The number of ether oxygens (including phenoxy) is 1. The molecule has 0 atom stereocenters. The molecule has 0 aliphatic heterocycles. The molecule has 3 nitrogen and oxygen atoms in total. The molecule has 0 fully saturated rings. The molecule has 0 spiro atoms. The molecule has 0 radical (unpaired) electrons. The highest BCUT2D eigenvalue weighted by molar-refractivity contribution is 5.22. The second-order valence-electron chi connectivity index (χ2n) is 3.64. The third kappa shape index (κ3) is 4.04. The van der Waals surface area contributed by atoms with Crippen LogP contribution in [0.4, 0.5) is 0 Å². The number of rotatable bonds is 3. The molecule has 0 N–H and O–H groups in total. The Balaban J connectivity index is 0.000000921. The zero-order valence-corrected chi connectivity index (χ0v) is 11.1. The van der Waals surface area contributed by atoms with Crippen molar-refractivity contribution < 1.29 is 4.74 Å². The summed E-state index contributed by atoms with van der Waals surface area (Å²) < 4.78 is 7.40. The summed E-state index contributed by atoms with van der Waals surface area (Å²) in [6.07, 6.45) is 0.265. The average molecular weight is 212 g/mol. The number of aryl methyl sites for hydroxylation is 1. The molecule has 0 aromatic carbocycles. The highest BCUT2D eigenvalue weighted by atomic mass is 16.5. The van der Waals surface area contributed by atoms with Crippen LogP contribution in [0.5, 0.6) is 0 Å². The van der Waals surface area contributed by atoms with E-state index in [-0.39, 0.29) is 6.10 Å². The first-order valence-electron chi connectivity index (χ1n) is 5.63. The van der Waals surface area contributed by atoms with Gasteiger partial charge in [-0.2, -0.15) is 5.10 Å². The first kappa shape index (κ1) is 14.2. The van der Waals surface area contributed by atoms with Crippen LogP contribution in [0.25, 0.3) is 0 Å². The van der Waals surface area contributed by atoms with Gasteiger partial charge in [-0.3, -0.25) is 4.68 Å². The van der Waals surface area contributed by atoms with Crippen molar-refractivity contribution in [2.24, 2.45) is 7.05 Å². The van der Waals surface area contributed by atoms with Gasteiger partial charge in [0.1, 0.15) is 0 Å². The Bertz CT molecular complexity index is 290. The fourth-order valence-electron chi connectivity index (χ4n) is 1.17. The van der Waals surface area contributed by atoms with Crippen LogP contribution in [0.1, 0.15) is 44.6 Å². The van der Waals surface area contributed by atoms with E-state index in [4.69, 9.17) is 4.74 Å². The Morgan fingerprint density at radius 3 is 2.13 bits per heavy atom. The quantitative estimate of drug-likeness (QED) is 0.770. The minimum absolute atomic E-state index is 0.265. The van der Waals surface area contributed by atoms with E-state index in [1.807, 2.05) is 39.4 Å². The summed E-state index contributed by atoms with van der Waals surface area (Å²) in [5.74, 6) is 0. The molecule has 0 saturated heterocycles. The Morgan fingerprint density at radius 1 is 1.27 bits per heavy atom. The fraction of sp³-hybridized carbons (Fsp3) is 0.750. The Labute approximate surface area is 93.4 Å². The van der Waals surface area contributed by atoms with E-state index in [1.54, 1.807) is 0 Å². The zero-order chi connectivity index (χ0) is 12.0. The van der Waals surface area contributed by atoms with Crippen molar-refractivity contribution in [2.45, 2.75) is 54.3 Å². The van der Waals surface area contributed by atoms with E-state index in [0.29, 0.717) is 6.61 Å². The lowest BCUT2D eigenvalue weighted by Crippen LogP contribution is -2.03. The Hall–Kier alpha value is -0.830. The monoisotopic (exact) mass is 212 g/mol. The predicted octanol–water partition coefficient (Wildman–Crippen LogP) is 2.99. The molecule has 15 heavy (non-hydrogen) atoms. The van der Waals surface area contributed by atoms with Gasteiger partial charge in [-0.15, -0.1) is 0 Å². The van der Waals surface area contributed by atoms with E-state index in [1.165, 1.54) is 11.3 Å². The van der Waals surface area contributed by atoms with Crippen molar-refractivity contribution in [1.82, 2.24) is 9.78 Å². The molecule has 3 heteroatoms. The van der Waals surface area contributed by atoms with Crippen molar-refractivity contribution in [2.75, 3.05) is 0 Å². The van der Waals surface area contributed by atoms with Gasteiger partial charge in [-0.1, -0.05) is 13.8 Å². The van der Waals surface area contributed by atoms with Crippen molar-refractivity contribution in [3.05, 3.63) is 17.0 Å². The SMILES string of the molecule is CC.Cc1c(COC(C)C)nn(C)c1C. The van der Waals surface area contributed by atoms with Crippen LogP contribution in [0.3, 0.4) is 0 Å². The van der Waals surface area contributed by atoms with Gasteiger partial charge in [0, 0.05) is 12.7 Å². The minimum Gasteiger partial charge on any atom is -0.372 e. The topological polar surface area (TPSA) is 27.1 Å². The van der Waals surface area contributed by atoms with Crippen LogP contribution in [0.15, 0.2) is 0 Å². The molecular weight excluding hydrogens is 188 g/mol. The molecule has 0 amide bonds. The van der Waals surface area contributed by atoms with Crippen molar-refractivity contribution >= 4 is 0 Å². The molecule has 1 rings (SSSR count). The van der Waals surface area contributed by atoms with Crippen LogP contribution in [0, 0.1) is 13.8 Å². The van der Waals surface area contributed by atoms with Gasteiger partial charge >= 0.3 is 0 Å². The molecule has 0 bridgehead atoms. The zero-order valence-electron chi connectivity index (χ0n) is 11.1. The van der Waals surface area contributed by atoms with Gasteiger partial charge in [-0.05, 0) is 33.3 Å². The molecule has 0 unspecified atom stereocenters. The van der Waals surface area contributed by atoms with Crippen LogP contribution in [-0.2, 0) is 18.4 Å². The molecule has 88 valence electrons. The maximum absolute atomic E-state index is 5.50. The number of hydrogen-bond acceptors (Lipinski definition) is 2. The van der Waals surface area contributed by atoms with E-state index in [9.17, 15) is 0 Å². The van der Waals surface area contributed by atoms with Gasteiger partial charge in [0.2, 0.25) is 0 Å². The molecule has 1 heterocycles. The Kier molecular flexibility index (Phi) is 6.25. The summed E-state index contributed by atoms with van der Waals surface area (Å²) in [4.78, 5) is 0. The highest BCUT2D eigenvalue weighted by Gasteiger charge is 2.08. The molecule has 1 aromatic rings. The van der Waals surface area contributed by atoms with E-state index in [2.05, 4.69) is 18.9 Å². The van der Waals surface area contributed by atoms with Gasteiger partial charge in [-0.25, -0.2) is 0 Å². The summed E-state index contributed by atoms with van der Waals surface area (Å²) in [6, 6.07) is 0. The fourth-order valence-corrected chi connectivity index (χ4v) is 1.17. The molecule has 1 aromatic heterocycles. The predicted molar refractivity (Wildman–Crippen MR) is 64.0 cm³/mol. The van der Waals surface area contributed by atoms with Crippen LogP contribution >= 0.6 is 0 Å². The van der Waals surface area contributed by atoms with Crippen LogP contribution in [0.2, 0.25) is 0 Å². The highest BCUT2D eigenvalue weighted by Crippen LogP contribution is 2.12. The molecule has 0 aliphatic rings. The lowest BCUT2D eigenvalue weighted by molar-refractivity contribution is 0.0630. The molecule has 0 saturated carbocycles. The van der Waals surface area contributed by atoms with Crippen molar-refractivity contribution in [1.29, 1.82) is 0 Å². The molecular formula is C12H24N2O. The van der Waals surface area contributed by atoms with Crippen LogP contribution < -0.4 is 0 Å². The van der Waals surface area contributed by atoms with Crippen LogP contribution in [-0.4, -0.2) is 15.9 Å². The summed E-state index contributed by atoms with van der Waals surface area (Å²) in [5.41, 5.74) is 3.50. The summed E-state index contributed by atoms with van der Waals surface area (Å²) in [5, 5.41) is 4.37. The number of aromatic nitrogens is 2. The summed E-state index contributed by atoms with van der Waals surface area (Å²) >= 11 is 0. The molecule has 0 aliphatic carbocycles. The summed E-state index contributed by atoms with van der Waals surface area (Å²) in [6.45, 7) is 12.8. The average Bonchev–Trinajstić information content (AvgIpc) is 2.46. The van der Waals surface area contributed by atoms with Gasteiger partial charge in [0.05, 0.1) is 18.4 Å². The standard InChI is InChI=1S/C10H18N2O.C2H6/c1-7(2)13-6-10-8(3)9(4)12(5)11-10;1-2/h7H,6H2,1-5H3;1-2H3. The smallest absolute Gasteiger partial charge is 0.0913 e. The first-order chi connectivity index (χ1) is 7.02. The lowest BCUT2D eigenvalue weighted by Gasteiger charge is -2.05. The first-order valence-corrected chi connectivity index (χ1v) is 5.63. The normalized spacial score (nSPS) is 10.1. The third-order valence-electron chi connectivity index (χ3n) is 2.29. The van der Waals surface area contributed by atoms with Gasteiger partial charge in [0.15, 0.2) is 0 Å².